The smallest absolute Gasteiger partial charge is 0.194 e. The lowest BCUT2D eigenvalue weighted by Gasteiger charge is -2.39. The van der Waals surface area contributed by atoms with Crippen molar-refractivity contribution in [1.29, 1.82) is 0 Å². The summed E-state index contributed by atoms with van der Waals surface area (Å²) in [6.07, 6.45) is 3.41. The molecule has 2 aromatic rings. The number of Topliss-reactive ketones (excluding diaryl/α,β-unsaturated/α-hetero) is 1. The van der Waals surface area contributed by atoms with Crippen molar-refractivity contribution in [2.45, 2.75) is 38.6 Å². The standard InChI is InChI=1S/C23H23NO3/c1-23(2,24-12-6-3-7-13-24)22(27)15-10-11-18-19(14-15)21(26)17-9-5-4-8-16(17)20(18)25/h4-5,8-11,14H,3,6-7,12-13H2,1-2H3. The van der Waals surface area contributed by atoms with Crippen LogP contribution in [-0.4, -0.2) is 40.9 Å². The number of hydrogen-bond donors (Lipinski definition) is 0. The quantitative estimate of drug-likeness (QED) is 0.664. The van der Waals surface area contributed by atoms with E-state index in [0.717, 1.165) is 25.9 Å². The minimum Gasteiger partial charge on any atom is -0.292 e. The Balaban J connectivity index is 1.72. The van der Waals surface area contributed by atoms with Gasteiger partial charge in [-0.3, -0.25) is 19.3 Å². The molecule has 1 aliphatic heterocycles. The van der Waals surface area contributed by atoms with Gasteiger partial charge < -0.3 is 0 Å². The van der Waals surface area contributed by atoms with Crippen LogP contribution in [0, 0.1) is 0 Å². The molecule has 1 saturated heterocycles. The van der Waals surface area contributed by atoms with E-state index in [1.54, 1.807) is 42.5 Å². The van der Waals surface area contributed by atoms with Crippen molar-refractivity contribution in [3.63, 3.8) is 0 Å². The Kier molecular flexibility index (Phi) is 4.31. The Morgan fingerprint density at radius 2 is 1.37 bits per heavy atom. The third-order valence-corrected chi connectivity index (χ3v) is 5.89. The molecule has 1 fully saturated rings. The van der Waals surface area contributed by atoms with Gasteiger partial charge in [0, 0.05) is 27.8 Å². The van der Waals surface area contributed by atoms with Gasteiger partial charge in [-0.1, -0.05) is 36.8 Å². The summed E-state index contributed by atoms with van der Waals surface area (Å²) in [5.41, 5.74) is 1.42. The molecule has 0 amide bonds. The zero-order chi connectivity index (χ0) is 19.2. The van der Waals surface area contributed by atoms with Crippen molar-refractivity contribution < 1.29 is 14.4 Å². The van der Waals surface area contributed by atoms with Crippen LogP contribution >= 0.6 is 0 Å². The summed E-state index contributed by atoms with van der Waals surface area (Å²) in [7, 11) is 0. The Morgan fingerprint density at radius 1 is 0.815 bits per heavy atom. The normalized spacial score (nSPS) is 17.4. The van der Waals surface area contributed by atoms with Gasteiger partial charge in [-0.2, -0.15) is 0 Å². The molecule has 1 aliphatic carbocycles. The Morgan fingerprint density at radius 3 is 2.00 bits per heavy atom. The molecule has 4 rings (SSSR count). The first-order valence-electron chi connectivity index (χ1n) is 9.53. The highest BCUT2D eigenvalue weighted by Crippen LogP contribution is 2.30. The fraction of sp³-hybridized carbons (Fsp3) is 0.348. The summed E-state index contributed by atoms with van der Waals surface area (Å²) in [5, 5.41) is 0. The third-order valence-electron chi connectivity index (χ3n) is 5.89. The highest BCUT2D eigenvalue weighted by molar-refractivity contribution is 6.28. The molecule has 4 nitrogen and oxygen atoms in total. The maximum absolute atomic E-state index is 13.2. The van der Waals surface area contributed by atoms with Crippen LogP contribution in [0.5, 0.6) is 0 Å². The van der Waals surface area contributed by atoms with Gasteiger partial charge in [-0.25, -0.2) is 0 Å². The van der Waals surface area contributed by atoms with Gasteiger partial charge in [-0.15, -0.1) is 0 Å². The van der Waals surface area contributed by atoms with Gasteiger partial charge in [0.15, 0.2) is 17.3 Å². The van der Waals surface area contributed by atoms with E-state index < -0.39 is 5.54 Å². The molecule has 0 radical (unpaired) electrons. The van der Waals surface area contributed by atoms with Gasteiger partial charge in [-0.05, 0) is 51.9 Å². The molecule has 0 spiro atoms. The molecule has 4 heteroatoms. The maximum Gasteiger partial charge on any atom is 0.194 e. The van der Waals surface area contributed by atoms with Crippen LogP contribution in [0.4, 0.5) is 0 Å². The highest BCUT2D eigenvalue weighted by Gasteiger charge is 2.37. The number of rotatable bonds is 3. The molecule has 0 saturated carbocycles. The molecule has 138 valence electrons. The second kappa shape index (κ2) is 6.54. The number of ketones is 3. The van der Waals surface area contributed by atoms with E-state index in [2.05, 4.69) is 4.90 Å². The molecule has 0 bridgehead atoms. The third kappa shape index (κ3) is 2.85. The number of benzene rings is 2. The van der Waals surface area contributed by atoms with E-state index in [1.165, 1.54) is 6.42 Å². The van der Waals surface area contributed by atoms with Crippen LogP contribution < -0.4 is 0 Å². The number of carbonyl (C=O) groups is 3. The minimum absolute atomic E-state index is 0.00805. The zero-order valence-corrected chi connectivity index (χ0v) is 15.7. The van der Waals surface area contributed by atoms with Gasteiger partial charge in [0.1, 0.15) is 0 Å². The highest BCUT2D eigenvalue weighted by atomic mass is 16.1. The van der Waals surface area contributed by atoms with Crippen LogP contribution in [0.3, 0.4) is 0 Å². The first-order chi connectivity index (χ1) is 12.9. The zero-order valence-electron chi connectivity index (χ0n) is 15.7. The number of fused-ring (bicyclic) bond motifs is 2. The largest absolute Gasteiger partial charge is 0.292 e. The SMILES string of the molecule is CC(C)(C(=O)c1ccc2c(c1)C(=O)c1ccccc1C2=O)N1CCCCC1. The van der Waals surface area contributed by atoms with Gasteiger partial charge in [0.25, 0.3) is 0 Å². The fourth-order valence-electron chi connectivity index (χ4n) is 4.19. The predicted molar refractivity (Wildman–Crippen MR) is 104 cm³/mol. The predicted octanol–water partition coefficient (Wildman–Crippen LogP) is 3.91. The lowest BCUT2D eigenvalue weighted by molar-refractivity contribution is 0.0579. The number of piperidine rings is 1. The average molecular weight is 361 g/mol. The first-order valence-corrected chi connectivity index (χ1v) is 9.53. The Hall–Kier alpha value is -2.59. The minimum atomic E-state index is -0.631. The lowest BCUT2D eigenvalue weighted by Crippen LogP contribution is -2.52. The first kappa shape index (κ1) is 17.8. The number of carbonyl (C=O) groups excluding carboxylic acids is 3. The van der Waals surface area contributed by atoms with E-state index in [4.69, 9.17) is 0 Å². The van der Waals surface area contributed by atoms with E-state index in [9.17, 15) is 14.4 Å². The second-order valence-corrected chi connectivity index (χ2v) is 7.90. The number of hydrogen-bond acceptors (Lipinski definition) is 4. The van der Waals surface area contributed by atoms with Crippen LogP contribution in [-0.2, 0) is 0 Å². The van der Waals surface area contributed by atoms with Crippen molar-refractivity contribution in [2.75, 3.05) is 13.1 Å². The summed E-state index contributed by atoms with van der Waals surface area (Å²) in [6.45, 7) is 5.72. The van der Waals surface area contributed by atoms with Crippen molar-refractivity contribution in [1.82, 2.24) is 4.90 Å². The average Bonchev–Trinajstić information content (AvgIpc) is 2.71. The van der Waals surface area contributed by atoms with Crippen molar-refractivity contribution in [3.8, 4) is 0 Å². The van der Waals surface area contributed by atoms with Gasteiger partial charge in [0.2, 0.25) is 0 Å². The molecule has 2 aromatic carbocycles. The van der Waals surface area contributed by atoms with Crippen molar-refractivity contribution in [2.24, 2.45) is 0 Å². The van der Waals surface area contributed by atoms with E-state index >= 15 is 0 Å². The monoisotopic (exact) mass is 361 g/mol. The summed E-state index contributed by atoms with van der Waals surface area (Å²) in [6, 6.07) is 11.8. The number of nitrogens with zero attached hydrogens (tertiary/aromatic N) is 1. The fourth-order valence-corrected chi connectivity index (χ4v) is 4.19. The van der Waals surface area contributed by atoms with Crippen LogP contribution in [0.15, 0.2) is 42.5 Å². The molecule has 27 heavy (non-hydrogen) atoms. The van der Waals surface area contributed by atoms with Crippen molar-refractivity contribution >= 4 is 17.3 Å². The van der Waals surface area contributed by atoms with Crippen LogP contribution in [0.25, 0.3) is 0 Å². The lowest BCUT2D eigenvalue weighted by atomic mass is 9.81. The maximum atomic E-state index is 13.2. The van der Waals surface area contributed by atoms with Gasteiger partial charge >= 0.3 is 0 Å². The molecule has 0 atom stereocenters. The molecule has 0 unspecified atom stereocenters. The summed E-state index contributed by atoms with van der Waals surface area (Å²) in [5.74, 6) is -0.355. The van der Waals surface area contributed by atoms with Crippen molar-refractivity contribution in [3.05, 3.63) is 70.3 Å². The van der Waals surface area contributed by atoms with E-state index in [0.29, 0.717) is 27.8 Å². The Labute approximate surface area is 159 Å². The molecule has 0 aromatic heterocycles. The van der Waals surface area contributed by atoms with Crippen LogP contribution in [0.2, 0.25) is 0 Å². The Bertz CT molecular complexity index is 952. The topological polar surface area (TPSA) is 54.5 Å². The summed E-state index contributed by atoms with van der Waals surface area (Å²) < 4.78 is 0. The van der Waals surface area contributed by atoms with E-state index in [-0.39, 0.29) is 17.3 Å². The summed E-state index contributed by atoms with van der Waals surface area (Å²) >= 11 is 0. The molecule has 0 N–H and O–H groups in total. The van der Waals surface area contributed by atoms with Crippen LogP contribution in [0.1, 0.15) is 75.3 Å². The number of likely N-dealkylation sites (tertiary alicyclic amines) is 1. The molecular weight excluding hydrogens is 338 g/mol. The summed E-state index contributed by atoms with van der Waals surface area (Å²) in [4.78, 5) is 41.1. The van der Waals surface area contributed by atoms with Gasteiger partial charge in [0.05, 0.1) is 5.54 Å². The molecular formula is C23H23NO3. The molecule has 2 aliphatic rings. The second-order valence-electron chi connectivity index (χ2n) is 7.90. The van der Waals surface area contributed by atoms with E-state index in [1.807, 2.05) is 13.8 Å². The molecule has 1 heterocycles.